The third-order valence-corrected chi connectivity index (χ3v) is 2.57. The second kappa shape index (κ2) is 4.88. The van der Waals surface area contributed by atoms with Gasteiger partial charge in [0.15, 0.2) is 0 Å². The average molecular weight is 220 g/mol. The fraction of sp³-hybridized carbons (Fsp3) is 0.571. The van der Waals surface area contributed by atoms with Gasteiger partial charge in [0.05, 0.1) is 0 Å². The Balaban J connectivity index is 2.74. The van der Waals surface area contributed by atoms with E-state index in [0.717, 1.165) is 6.54 Å². The fourth-order valence-corrected chi connectivity index (χ4v) is 1.84. The molecule has 0 aromatic heterocycles. The summed E-state index contributed by atoms with van der Waals surface area (Å²) in [4.78, 5) is 2.28. The van der Waals surface area contributed by atoms with Crippen LogP contribution in [0.1, 0.15) is 39.3 Å². The predicted octanol–water partition coefficient (Wildman–Crippen LogP) is 3.19. The van der Waals surface area contributed by atoms with Crippen molar-refractivity contribution in [2.24, 2.45) is 11.1 Å². The topological polar surface area (TPSA) is 29.3 Å². The van der Waals surface area contributed by atoms with Gasteiger partial charge in [-0.1, -0.05) is 32.9 Å². The first kappa shape index (κ1) is 13.0. The number of nitrogens with two attached hydrogens (primary N) is 1. The van der Waals surface area contributed by atoms with Gasteiger partial charge in [-0.3, -0.25) is 0 Å². The van der Waals surface area contributed by atoms with Gasteiger partial charge >= 0.3 is 0 Å². The normalized spacial score (nSPS) is 13.6. The highest BCUT2D eigenvalue weighted by molar-refractivity contribution is 5.47. The maximum atomic E-state index is 5.83. The predicted molar refractivity (Wildman–Crippen MR) is 71.8 cm³/mol. The van der Waals surface area contributed by atoms with E-state index in [4.69, 9.17) is 5.73 Å². The highest BCUT2D eigenvalue weighted by Crippen LogP contribution is 2.21. The maximum absolute atomic E-state index is 5.83. The zero-order chi connectivity index (χ0) is 12.3. The van der Waals surface area contributed by atoms with Crippen LogP contribution < -0.4 is 10.6 Å². The van der Waals surface area contributed by atoms with Gasteiger partial charge in [0.25, 0.3) is 0 Å². The van der Waals surface area contributed by atoms with Crippen LogP contribution in [0.25, 0.3) is 0 Å². The molecule has 0 amide bonds. The van der Waals surface area contributed by atoms with Gasteiger partial charge < -0.3 is 10.6 Å². The maximum Gasteiger partial charge on any atom is 0.0363 e. The summed E-state index contributed by atoms with van der Waals surface area (Å²) in [6, 6.07) is 8.62. The summed E-state index contributed by atoms with van der Waals surface area (Å²) in [5.74, 6) is 0. The zero-order valence-corrected chi connectivity index (χ0v) is 11.1. The lowest BCUT2D eigenvalue weighted by atomic mass is 9.96. The van der Waals surface area contributed by atoms with Crippen molar-refractivity contribution in [2.45, 2.75) is 33.7 Å². The van der Waals surface area contributed by atoms with Gasteiger partial charge in [0, 0.05) is 25.3 Å². The number of nitrogens with zero attached hydrogens (tertiary/aromatic N) is 1. The Bertz CT molecular complexity index is 320. The molecule has 90 valence electrons. The van der Waals surface area contributed by atoms with Gasteiger partial charge in [0.1, 0.15) is 0 Å². The summed E-state index contributed by atoms with van der Waals surface area (Å²) in [5, 5.41) is 0. The molecular formula is C14H24N2. The highest BCUT2D eigenvalue weighted by atomic mass is 15.1. The van der Waals surface area contributed by atoms with Crippen molar-refractivity contribution < 1.29 is 0 Å². The van der Waals surface area contributed by atoms with E-state index in [1.54, 1.807) is 0 Å². The highest BCUT2D eigenvalue weighted by Gasteiger charge is 2.13. The van der Waals surface area contributed by atoms with Crippen LogP contribution >= 0.6 is 0 Å². The minimum Gasteiger partial charge on any atom is -0.374 e. The van der Waals surface area contributed by atoms with Gasteiger partial charge in [-0.15, -0.1) is 0 Å². The van der Waals surface area contributed by atoms with E-state index in [9.17, 15) is 0 Å². The lowest BCUT2D eigenvalue weighted by molar-refractivity contribution is 0.419. The molecule has 0 saturated heterocycles. The van der Waals surface area contributed by atoms with Gasteiger partial charge in [-0.2, -0.15) is 0 Å². The van der Waals surface area contributed by atoms with Gasteiger partial charge in [-0.25, -0.2) is 0 Å². The Morgan fingerprint density at radius 3 is 2.06 bits per heavy atom. The van der Waals surface area contributed by atoms with Crippen LogP contribution in [-0.4, -0.2) is 13.6 Å². The average Bonchev–Trinajstić information content (AvgIpc) is 2.15. The lowest BCUT2D eigenvalue weighted by Gasteiger charge is -2.28. The number of hydrogen-bond acceptors (Lipinski definition) is 2. The van der Waals surface area contributed by atoms with Crippen LogP contribution in [0.2, 0.25) is 0 Å². The minimum atomic E-state index is 0.113. The summed E-state index contributed by atoms with van der Waals surface area (Å²) < 4.78 is 0. The van der Waals surface area contributed by atoms with Crippen molar-refractivity contribution in [3.8, 4) is 0 Å². The molecule has 1 aromatic carbocycles. The molecule has 0 aliphatic rings. The summed E-state index contributed by atoms with van der Waals surface area (Å²) in [5.41, 5.74) is 8.58. The third-order valence-electron chi connectivity index (χ3n) is 2.57. The Morgan fingerprint density at radius 2 is 1.69 bits per heavy atom. The van der Waals surface area contributed by atoms with E-state index in [1.165, 1.54) is 11.3 Å². The molecule has 0 saturated carbocycles. The monoisotopic (exact) mass is 220 g/mol. The molecule has 2 N–H and O–H groups in total. The number of anilines is 1. The Kier molecular flexibility index (Phi) is 3.98. The van der Waals surface area contributed by atoms with Crippen molar-refractivity contribution >= 4 is 5.69 Å². The molecule has 2 heteroatoms. The summed E-state index contributed by atoms with van der Waals surface area (Å²) in [6.07, 6.45) is 0. The molecular weight excluding hydrogens is 196 g/mol. The smallest absolute Gasteiger partial charge is 0.0363 e. The van der Waals surface area contributed by atoms with Crippen molar-refractivity contribution in [3.05, 3.63) is 29.8 Å². The van der Waals surface area contributed by atoms with Crippen molar-refractivity contribution in [3.63, 3.8) is 0 Å². The van der Waals surface area contributed by atoms with E-state index >= 15 is 0 Å². The molecule has 0 aliphatic carbocycles. The SMILES string of the molecule is C[C@@H](N)c1ccc(N(C)CC(C)(C)C)cc1. The van der Waals surface area contributed by atoms with Crippen LogP contribution in [-0.2, 0) is 0 Å². The number of benzene rings is 1. The van der Waals surface area contributed by atoms with Gasteiger partial charge in [-0.05, 0) is 30.0 Å². The first-order valence-corrected chi connectivity index (χ1v) is 5.86. The molecule has 1 rings (SSSR count). The lowest BCUT2D eigenvalue weighted by Crippen LogP contribution is -2.29. The molecule has 0 radical (unpaired) electrons. The molecule has 0 fully saturated rings. The van der Waals surface area contributed by atoms with E-state index in [1.807, 2.05) is 6.92 Å². The number of hydrogen-bond donors (Lipinski definition) is 1. The van der Waals surface area contributed by atoms with Crippen molar-refractivity contribution in [1.29, 1.82) is 0 Å². The Hall–Kier alpha value is -1.02. The third kappa shape index (κ3) is 3.86. The van der Waals surface area contributed by atoms with Gasteiger partial charge in [0.2, 0.25) is 0 Å². The van der Waals surface area contributed by atoms with Crippen LogP contribution in [0, 0.1) is 5.41 Å². The molecule has 1 atom stereocenters. The molecule has 1 aromatic rings. The Morgan fingerprint density at radius 1 is 1.19 bits per heavy atom. The molecule has 0 heterocycles. The fourth-order valence-electron chi connectivity index (χ4n) is 1.84. The van der Waals surface area contributed by atoms with E-state index < -0.39 is 0 Å². The van der Waals surface area contributed by atoms with E-state index in [-0.39, 0.29) is 6.04 Å². The van der Waals surface area contributed by atoms with Crippen LogP contribution in [0.4, 0.5) is 5.69 Å². The van der Waals surface area contributed by atoms with E-state index in [0.29, 0.717) is 5.41 Å². The second-order valence-electron chi connectivity index (χ2n) is 5.80. The van der Waals surface area contributed by atoms with Crippen LogP contribution in [0.3, 0.4) is 0 Å². The summed E-state index contributed by atoms with van der Waals surface area (Å²) in [7, 11) is 2.13. The Labute approximate surface area is 99.5 Å². The molecule has 0 bridgehead atoms. The summed E-state index contributed by atoms with van der Waals surface area (Å²) >= 11 is 0. The van der Waals surface area contributed by atoms with Crippen LogP contribution in [0.15, 0.2) is 24.3 Å². The molecule has 0 spiro atoms. The number of rotatable bonds is 3. The van der Waals surface area contributed by atoms with Crippen molar-refractivity contribution in [1.82, 2.24) is 0 Å². The zero-order valence-electron chi connectivity index (χ0n) is 11.1. The second-order valence-corrected chi connectivity index (χ2v) is 5.80. The summed E-state index contributed by atoms with van der Waals surface area (Å²) in [6.45, 7) is 9.80. The largest absolute Gasteiger partial charge is 0.374 e. The minimum absolute atomic E-state index is 0.113. The van der Waals surface area contributed by atoms with Crippen molar-refractivity contribution in [2.75, 3.05) is 18.5 Å². The van der Waals surface area contributed by atoms with E-state index in [2.05, 4.69) is 57.0 Å². The molecule has 0 unspecified atom stereocenters. The standard InChI is InChI=1S/C14H24N2/c1-11(15)12-6-8-13(9-7-12)16(5)10-14(2,3)4/h6-9,11H,10,15H2,1-5H3/t11-/m1/s1. The quantitative estimate of drug-likeness (QED) is 0.847. The molecule has 16 heavy (non-hydrogen) atoms. The van der Waals surface area contributed by atoms with Crippen LogP contribution in [0.5, 0.6) is 0 Å². The first-order valence-electron chi connectivity index (χ1n) is 5.86. The molecule has 0 aliphatic heterocycles. The molecule has 2 nitrogen and oxygen atoms in total. The first-order chi connectivity index (χ1) is 7.29.